The summed E-state index contributed by atoms with van der Waals surface area (Å²) in [4.78, 5) is 101. The first-order chi connectivity index (χ1) is 23.6. The van der Waals surface area contributed by atoms with Crippen molar-refractivity contribution in [1.29, 1.82) is 0 Å². The van der Waals surface area contributed by atoms with Crippen molar-refractivity contribution in [2.45, 2.75) is 110 Å². The zero-order chi connectivity index (χ0) is 38.8. The second-order valence-corrected chi connectivity index (χ2v) is 12.3. The molecule has 1 fully saturated rings. The van der Waals surface area contributed by atoms with E-state index in [2.05, 4.69) is 0 Å². The molecule has 1 heterocycles. The molecule has 0 N–H and O–H groups in total. The number of benzene rings is 1. The van der Waals surface area contributed by atoms with Crippen LogP contribution in [-0.4, -0.2) is 107 Å². The molecular formula is C32H42N2O17. The van der Waals surface area contributed by atoms with E-state index in [1.54, 1.807) is 0 Å². The molecule has 0 spiro atoms. The van der Waals surface area contributed by atoms with Crippen LogP contribution in [0, 0.1) is 10.1 Å². The average molecular weight is 727 g/mol. The molecule has 1 aliphatic heterocycles. The Labute approximate surface area is 292 Å². The summed E-state index contributed by atoms with van der Waals surface area (Å²) < 4.78 is 44.3. The number of hydrogen-bond acceptors (Lipinski definition) is 17. The number of nitrogens with zero attached hydrogens (tertiary/aromatic N) is 2. The predicted octanol–water partition coefficient (Wildman–Crippen LogP) is 2.28. The van der Waals surface area contributed by atoms with Gasteiger partial charge in [-0.25, -0.2) is 14.5 Å². The Kier molecular flexibility index (Phi) is 14.5. The minimum atomic E-state index is -2.59. The Morgan fingerprint density at radius 1 is 0.941 bits per heavy atom. The first kappa shape index (κ1) is 42.0. The summed E-state index contributed by atoms with van der Waals surface area (Å²) in [6.45, 7) is 8.23. The minimum absolute atomic E-state index is 0.242. The number of non-ortho nitro benzene ring substituents is 1. The zero-order valence-corrected chi connectivity index (χ0v) is 29.7. The third kappa shape index (κ3) is 12.0. The lowest BCUT2D eigenvalue weighted by Crippen LogP contribution is -2.70. The number of rotatable bonds is 13. The summed E-state index contributed by atoms with van der Waals surface area (Å²) in [6.07, 6.45) is -9.37. The third-order valence-corrected chi connectivity index (χ3v) is 6.93. The Morgan fingerprint density at radius 3 is 1.98 bits per heavy atom. The van der Waals surface area contributed by atoms with Gasteiger partial charge < -0.3 is 37.9 Å². The Hall–Kier alpha value is -5.17. The molecule has 2 amide bonds. The number of amides is 2. The molecule has 19 heteroatoms. The molecule has 282 valence electrons. The third-order valence-electron chi connectivity index (χ3n) is 6.93. The van der Waals surface area contributed by atoms with Gasteiger partial charge in [0, 0.05) is 46.8 Å². The van der Waals surface area contributed by atoms with Crippen LogP contribution in [0.25, 0.3) is 0 Å². The number of carbonyl (C=O) groups excluding carboxylic acids is 7. The second-order valence-electron chi connectivity index (χ2n) is 12.3. The van der Waals surface area contributed by atoms with Crippen molar-refractivity contribution >= 4 is 47.5 Å². The van der Waals surface area contributed by atoms with Crippen molar-refractivity contribution in [2.24, 2.45) is 0 Å². The van der Waals surface area contributed by atoms with Crippen LogP contribution in [0.1, 0.15) is 67.4 Å². The van der Waals surface area contributed by atoms with Crippen LogP contribution in [-0.2, 0) is 73.3 Å². The number of hydrogen-bond donors (Lipinski definition) is 0. The van der Waals surface area contributed by atoms with Crippen LogP contribution in [0.3, 0.4) is 0 Å². The van der Waals surface area contributed by atoms with Crippen LogP contribution in [0.4, 0.5) is 10.5 Å². The molecular weight excluding hydrogens is 684 g/mol. The van der Waals surface area contributed by atoms with E-state index in [9.17, 15) is 43.7 Å². The van der Waals surface area contributed by atoms with Crippen molar-refractivity contribution < 1.29 is 76.4 Å². The number of esters is 5. The summed E-state index contributed by atoms with van der Waals surface area (Å²) in [5.74, 6) is -8.61. The van der Waals surface area contributed by atoms with Crippen LogP contribution >= 0.6 is 0 Å². The fourth-order valence-corrected chi connectivity index (χ4v) is 5.11. The predicted molar refractivity (Wildman–Crippen MR) is 168 cm³/mol. The van der Waals surface area contributed by atoms with E-state index in [1.165, 1.54) is 45.0 Å². The van der Waals surface area contributed by atoms with Gasteiger partial charge >= 0.3 is 35.9 Å². The lowest BCUT2D eigenvalue weighted by molar-refractivity contribution is -0.384. The summed E-state index contributed by atoms with van der Waals surface area (Å²) in [5, 5.41) is 11.2. The Bertz CT molecular complexity index is 1490. The number of nitro groups is 1. The fourth-order valence-electron chi connectivity index (χ4n) is 5.11. The first-order valence-electron chi connectivity index (χ1n) is 15.4. The van der Waals surface area contributed by atoms with E-state index in [0.29, 0.717) is 10.5 Å². The molecule has 6 atom stereocenters. The molecule has 51 heavy (non-hydrogen) atoms. The van der Waals surface area contributed by atoms with Gasteiger partial charge in [-0.3, -0.25) is 34.1 Å². The number of methoxy groups -OCH3 is 1. The van der Waals surface area contributed by atoms with Gasteiger partial charge in [0.25, 0.3) is 11.5 Å². The SMILES string of the molecule is COC(=O)[C@@]1(OCc2ccc([N+](=O)[O-])cc2)C[C@H](OC(C)=O)[C@@H](N(C(C)=O)C(=O)OC(C)(C)C)[C@H]([C@H](OC(C)=O)[C@@H](COC(C)=O)OC(C)=O)O1. The highest BCUT2D eigenvalue weighted by Crippen LogP contribution is 2.40. The minimum Gasteiger partial charge on any atom is -0.465 e. The maximum atomic E-state index is 13.7. The quantitative estimate of drug-likeness (QED) is 0.123. The smallest absolute Gasteiger partial charge is 0.417 e. The summed E-state index contributed by atoms with van der Waals surface area (Å²) in [5.41, 5.74) is -1.13. The van der Waals surface area contributed by atoms with Gasteiger partial charge in [0.05, 0.1) is 25.1 Å². The largest absolute Gasteiger partial charge is 0.465 e. The summed E-state index contributed by atoms with van der Waals surface area (Å²) in [7, 11) is 0.971. The van der Waals surface area contributed by atoms with Crippen molar-refractivity contribution in [3.63, 3.8) is 0 Å². The number of imide groups is 1. The Morgan fingerprint density at radius 2 is 1.53 bits per heavy atom. The highest BCUT2D eigenvalue weighted by Gasteiger charge is 2.62. The molecule has 0 aromatic heterocycles. The lowest BCUT2D eigenvalue weighted by Gasteiger charge is -2.50. The zero-order valence-electron chi connectivity index (χ0n) is 29.7. The van der Waals surface area contributed by atoms with E-state index < -0.39 is 108 Å². The fraction of sp³-hybridized carbons (Fsp3) is 0.594. The van der Waals surface area contributed by atoms with Gasteiger partial charge in [-0.1, -0.05) is 0 Å². The van der Waals surface area contributed by atoms with Crippen LogP contribution < -0.4 is 0 Å². The molecule has 1 aromatic rings. The first-order valence-corrected chi connectivity index (χ1v) is 15.4. The highest BCUT2D eigenvalue weighted by atomic mass is 16.7. The summed E-state index contributed by atoms with van der Waals surface area (Å²) >= 11 is 0. The molecule has 1 aliphatic rings. The molecule has 0 unspecified atom stereocenters. The number of nitro benzene ring substituents is 1. The number of carbonyl (C=O) groups is 7. The average Bonchev–Trinajstić information content (AvgIpc) is 3.00. The number of ether oxygens (including phenoxy) is 8. The van der Waals surface area contributed by atoms with Crippen molar-refractivity contribution in [3.8, 4) is 0 Å². The van der Waals surface area contributed by atoms with Gasteiger partial charge in [-0.15, -0.1) is 0 Å². The van der Waals surface area contributed by atoms with Gasteiger partial charge in [-0.2, -0.15) is 0 Å². The highest BCUT2D eigenvalue weighted by molar-refractivity contribution is 5.91. The van der Waals surface area contributed by atoms with Gasteiger partial charge in [0.15, 0.2) is 12.2 Å². The second kappa shape index (κ2) is 17.7. The van der Waals surface area contributed by atoms with Crippen molar-refractivity contribution in [2.75, 3.05) is 13.7 Å². The van der Waals surface area contributed by atoms with Crippen LogP contribution in [0.15, 0.2) is 24.3 Å². The van der Waals surface area contributed by atoms with E-state index in [1.807, 2.05) is 0 Å². The molecule has 1 saturated heterocycles. The standard InChI is InChI=1S/C32H42N2O17/c1-17(35)33(30(41)51-31(6,7)8)26-24(47-19(3)37)14-32(29(40)44-9,46-15-22-10-12-23(13-11-22)34(42)43)50-28(26)27(49-21(5)39)25(48-20(4)38)16-45-18(2)36/h10-13,24-28H,14-16H2,1-9H3/t24-,25+,26+,27+,28+,32+/m0/s1. The topological polar surface area (TPSA) is 240 Å². The normalized spacial score (nSPS) is 21.2. The maximum Gasteiger partial charge on any atom is 0.417 e. The summed E-state index contributed by atoms with van der Waals surface area (Å²) in [6, 6.07) is 3.20. The van der Waals surface area contributed by atoms with Gasteiger partial charge in [0.2, 0.25) is 5.91 Å². The molecule has 1 aromatic carbocycles. The molecule has 2 rings (SSSR count). The lowest BCUT2D eigenvalue weighted by atomic mass is 9.87. The van der Waals surface area contributed by atoms with E-state index in [4.69, 9.17) is 37.9 Å². The van der Waals surface area contributed by atoms with Crippen molar-refractivity contribution in [1.82, 2.24) is 4.90 Å². The van der Waals surface area contributed by atoms with Crippen molar-refractivity contribution in [3.05, 3.63) is 39.9 Å². The van der Waals surface area contributed by atoms with Crippen LogP contribution in [0.2, 0.25) is 0 Å². The molecule has 19 nitrogen and oxygen atoms in total. The molecule has 0 bridgehead atoms. The van der Waals surface area contributed by atoms with E-state index in [0.717, 1.165) is 41.7 Å². The van der Waals surface area contributed by atoms with Crippen LogP contribution in [0.5, 0.6) is 0 Å². The van der Waals surface area contributed by atoms with Gasteiger partial charge in [0.1, 0.15) is 30.5 Å². The molecule has 0 radical (unpaired) electrons. The molecule has 0 aliphatic carbocycles. The monoisotopic (exact) mass is 726 g/mol. The van der Waals surface area contributed by atoms with Gasteiger partial charge in [-0.05, 0) is 38.5 Å². The van der Waals surface area contributed by atoms with E-state index in [-0.39, 0.29) is 5.69 Å². The van der Waals surface area contributed by atoms with E-state index >= 15 is 0 Å². The Balaban J connectivity index is 2.94. The molecule has 0 saturated carbocycles. The maximum absolute atomic E-state index is 13.7.